The molecular formula is C15H18N2O3. The summed E-state index contributed by atoms with van der Waals surface area (Å²) < 4.78 is 10.6. The van der Waals surface area contributed by atoms with Crippen LogP contribution in [-0.2, 0) is 4.79 Å². The highest BCUT2D eigenvalue weighted by molar-refractivity contribution is 5.96. The van der Waals surface area contributed by atoms with Crippen LogP contribution < -0.4 is 20.5 Å². The Morgan fingerprint density at radius 1 is 1.20 bits per heavy atom. The van der Waals surface area contributed by atoms with Crippen LogP contribution in [0.25, 0.3) is 0 Å². The number of nitrogen functional groups attached to an aromatic ring is 1. The molecule has 3 atom stereocenters. The van der Waals surface area contributed by atoms with Gasteiger partial charge in [0.25, 0.3) is 0 Å². The first-order chi connectivity index (χ1) is 9.70. The SMILES string of the molecule is Nc1cc2c(cc1NC(=O)C1CC3CCC1C3)OCO2. The first-order valence-electron chi connectivity index (χ1n) is 7.20. The second-order valence-electron chi connectivity index (χ2n) is 6.06. The summed E-state index contributed by atoms with van der Waals surface area (Å²) in [5.41, 5.74) is 7.11. The molecule has 1 aliphatic heterocycles. The van der Waals surface area contributed by atoms with Crippen LogP contribution in [0.3, 0.4) is 0 Å². The number of carbonyl (C=O) groups excluding carboxylic acids is 1. The number of nitrogens with one attached hydrogen (secondary N) is 1. The summed E-state index contributed by atoms with van der Waals surface area (Å²) in [7, 11) is 0. The molecule has 0 aromatic heterocycles. The molecule has 20 heavy (non-hydrogen) atoms. The molecule has 3 aliphatic rings. The van der Waals surface area contributed by atoms with Crippen LogP contribution in [0.4, 0.5) is 11.4 Å². The molecule has 2 fully saturated rings. The summed E-state index contributed by atoms with van der Waals surface area (Å²) >= 11 is 0. The monoisotopic (exact) mass is 274 g/mol. The molecular weight excluding hydrogens is 256 g/mol. The van der Waals surface area contributed by atoms with Crippen LogP contribution >= 0.6 is 0 Å². The predicted molar refractivity (Wildman–Crippen MR) is 74.5 cm³/mol. The first-order valence-corrected chi connectivity index (χ1v) is 7.20. The molecule has 5 heteroatoms. The minimum atomic E-state index is 0.0998. The molecule has 106 valence electrons. The summed E-state index contributed by atoms with van der Waals surface area (Å²) in [6.07, 6.45) is 4.73. The summed E-state index contributed by atoms with van der Waals surface area (Å²) in [4.78, 5) is 12.4. The smallest absolute Gasteiger partial charge is 0.231 e. The Kier molecular flexibility index (Phi) is 2.55. The third-order valence-electron chi connectivity index (χ3n) is 4.88. The number of benzene rings is 1. The summed E-state index contributed by atoms with van der Waals surface area (Å²) in [5.74, 6) is 2.85. The van der Waals surface area contributed by atoms with Crippen molar-refractivity contribution in [3.8, 4) is 11.5 Å². The van der Waals surface area contributed by atoms with Gasteiger partial charge in [-0.1, -0.05) is 6.42 Å². The van der Waals surface area contributed by atoms with Gasteiger partial charge in [-0.3, -0.25) is 4.79 Å². The molecule has 2 bridgehead atoms. The van der Waals surface area contributed by atoms with E-state index in [0.29, 0.717) is 28.8 Å². The van der Waals surface area contributed by atoms with Crippen molar-refractivity contribution in [3.05, 3.63) is 12.1 Å². The maximum Gasteiger partial charge on any atom is 0.231 e. The number of fused-ring (bicyclic) bond motifs is 3. The summed E-state index contributed by atoms with van der Waals surface area (Å²) in [6, 6.07) is 3.46. The topological polar surface area (TPSA) is 73.6 Å². The van der Waals surface area contributed by atoms with Crippen LogP contribution in [0.1, 0.15) is 25.7 Å². The zero-order valence-corrected chi connectivity index (χ0v) is 11.2. The van der Waals surface area contributed by atoms with E-state index in [0.717, 1.165) is 12.3 Å². The Labute approximate surface area is 117 Å². The van der Waals surface area contributed by atoms with Crippen LogP contribution in [0.2, 0.25) is 0 Å². The van der Waals surface area contributed by atoms with Crippen molar-refractivity contribution < 1.29 is 14.3 Å². The lowest BCUT2D eigenvalue weighted by Crippen LogP contribution is -2.27. The second-order valence-corrected chi connectivity index (χ2v) is 6.06. The van der Waals surface area contributed by atoms with Crippen molar-refractivity contribution in [1.82, 2.24) is 0 Å². The van der Waals surface area contributed by atoms with Crippen molar-refractivity contribution in [2.75, 3.05) is 17.8 Å². The highest BCUT2D eigenvalue weighted by Crippen LogP contribution is 2.49. The fourth-order valence-electron chi connectivity index (χ4n) is 3.86. The minimum absolute atomic E-state index is 0.0998. The lowest BCUT2D eigenvalue weighted by molar-refractivity contribution is -0.121. The number of anilines is 2. The van der Waals surface area contributed by atoms with E-state index in [1.807, 2.05) is 0 Å². The fraction of sp³-hybridized carbons (Fsp3) is 0.533. The van der Waals surface area contributed by atoms with Crippen molar-refractivity contribution in [2.45, 2.75) is 25.7 Å². The van der Waals surface area contributed by atoms with Crippen LogP contribution in [0, 0.1) is 17.8 Å². The molecule has 1 aromatic carbocycles. The van der Waals surface area contributed by atoms with Crippen molar-refractivity contribution in [2.24, 2.45) is 17.8 Å². The van der Waals surface area contributed by atoms with Crippen LogP contribution in [-0.4, -0.2) is 12.7 Å². The number of nitrogens with two attached hydrogens (primary N) is 1. The third kappa shape index (κ3) is 1.80. The van der Waals surface area contributed by atoms with Crippen LogP contribution in [0.5, 0.6) is 11.5 Å². The highest BCUT2D eigenvalue weighted by atomic mass is 16.7. The van der Waals surface area contributed by atoms with Gasteiger partial charge in [0.2, 0.25) is 12.7 Å². The van der Waals surface area contributed by atoms with E-state index in [4.69, 9.17) is 15.2 Å². The summed E-state index contributed by atoms with van der Waals surface area (Å²) in [5, 5.41) is 2.97. The molecule has 1 amide bonds. The lowest BCUT2D eigenvalue weighted by atomic mass is 9.88. The average Bonchev–Trinajstić information content (AvgIpc) is 3.13. The molecule has 4 rings (SSSR count). The van der Waals surface area contributed by atoms with Gasteiger partial charge in [0.15, 0.2) is 11.5 Å². The van der Waals surface area contributed by atoms with E-state index in [9.17, 15) is 4.79 Å². The number of ether oxygens (including phenoxy) is 2. The van der Waals surface area contributed by atoms with E-state index in [1.54, 1.807) is 12.1 Å². The van der Waals surface area contributed by atoms with Crippen LogP contribution in [0.15, 0.2) is 12.1 Å². The van der Waals surface area contributed by atoms with Gasteiger partial charge in [0, 0.05) is 18.1 Å². The third-order valence-corrected chi connectivity index (χ3v) is 4.88. The molecule has 0 radical (unpaired) electrons. The second kappa shape index (κ2) is 4.30. The number of hydrogen-bond acceptors (Lipinski definition) is 4. The zero-order chi connectivity index (χ0) is 13.7. The Morgan fingerprint density at radius 3 is 2.70 bits per heavy atom. The van der Waals surface area contributed by atoms with Crippen molar-refractivity contribution in [1.29, 1.82) is 0 Å². The average molecular weight is 274 g/mol. The maximum atomic E-state index is 12.4. The van der Waals surface area contributed by atoms with E-state index in [1.165, 1.54) is 19.3 Å². The predicted octanol–water partition coefficient (Wildman–Crippen LogP) is 2.37. The lowest BCUT2D eigenvalue weighted by Gasteiger charge is -2.21. The Balaban J connectivity index is 1.53. The number of rotatable bonds is 2. The Hall–Kier alpha value is -1.91. The van der Waals surface area contributed by atoms with Gasteiger partial charge in [-0.05, 0) is 31.1 Å². The fourth-order valence-corrected chi connectivity index (χ4v) is 3.86. The zero-order valence-electron chi connectivity index (χ0n) is 11.2. The summed E-state index contributed by atoms with van der Waals surface area (Å²) in [6.45, 7) is 0.207. The van der Waals surface area contributed by atoms with Gasteiger partial charge in [-0.2, -0.15) is 0 Å². The molecule has 0 saturated heterocycles. The normalized spacial score (nSPS) is 29.7. The molecule has 2 saturated carbocycles. The highest BCUT2D eigenvalue weighted by Gasteiger charge is 2.43. The first kappa shape index (κ1) is 11.9. The van der Waals surface area contributed by atoms with Gasteiger partial charge < -0.3 is 20.5 Å². The van der Waals surface area contributed by atoms with Gasteiger partial charge in [-0.25, -0.2) is 0 Å². The van der Waals surface area contributed by atoms with Gasteiger partial charge in [0.1, 0.15) is 0 Å². The van der Waals surface area contributed by atoms with Crippen molar-refractivity contribution in [3.63, 3.8) is 0 Å². The van der Waals surface area contributed by atoms with Crippen molar-refractivity contribution >= 4 is 17.3 Å². The van der Waals surface area contributed by atoms with E-state index in [2.05, 4.69) is 5.32 Å². The van der Waals surface area contributed by atoms with E-state index >= 15 is 0 Å². The van der Waals surface area contributed by atoms with E-state index < -0.39 is 0 Å². The molecule has 0 spiro atoms. The van der Waals surface area contributed by atoms with Gasteiger partial charge in [-0.15, -0.1) is 0 Å². The molecule has 1 aromatic rings. The molecule has 3 N–H and O–H groups in total. The number of carbonyl (C=O) groups is 1. The molecule has 1 heterocycles. The van der Waals surface area contributed by atoms with E-state index in [-0.39, 0.29) is 18.6 Å². The Bertz CT molecular complexity index is 572. The largest absolute Gasteiger partial charge is 0.454 e. The van der Waals surface area contributed by atoms with Gasteiger partial charge >= 0.3 is 0 Å². The van der Waals surface area contributed by atoms with Gasteiger partial charge in [0.05, 0.1) is 11.4 Å². The molecule has 5 nitrogen and oxygen atoms in total. The minimum Gasteiger partial charge on any atom is -0.454 e. The maximum absolute atomic E-state index is 12.4. The molecule has 3 unspecified atom stereocenters. The molecule has 2 aliphatic carbocycles. The quantitative estimate of drug-likeness (QED) is 0.812. The Morgan fingerprint density at radius 2 is 2.00 bits per heavy atom. The number of hydrogen-bond donors (Lipinski definition) is 2. The number of amides is 1. The standard InChI is InChI=1S/C15H18N2O3/c16-11-5-13-14(20-7-19-13)6-12(11)17-15(18)10-4-8-1-2-9(10)3-8/h5-6,8-10H,1-4,7,16H2,(H,17,18).